The largest absolute Gasteiger partial charge is 0.394 e. The van der Waals surface area contributed by atoms with E-state index in [9.17, 15) is 0 Å². The lowest BCUT2D eigenvalue weighted by molar-refractivity contribution is -0.0430. The molecule has 13 heavy (non-hydrogen) atoms. The van der Waals surface area contributed by atoms with E-state index in [1.807, 2.05) is 13.0 Å². The number of hydrogen-bond donors (Lipinski definition) is 1. The van der Waals surface area contributed by atoms with Gasteiger partial charge in [0.2, 0.25) is 0 Å². The molecule has 0 radical (unpaired) electrons. The molecule has 0 unspecified atom stereocenters. The average Bonchev–Trinajstić information content (AvgIpc) is 2.47. The maximum absolute atomic E-state index is 8.94. The second kappa shape index (κ2) is 5.18. The molecular formula is C9H15NO3. The fourth-order valence-corrected chi connectivity index (χ4v) is 1.51. The summed E-state index contributed by atoms with van der Waals surface area (Å²) < 4.78 is 10.8. The molecule has 1 heterocycles. The Labute approximate surface area is 78.1 Å². The highest BCUT2D eigenvalue weighted by atomic mass is 16.6. The number of aliphatic hydroxyl groups is 1. The van der Waals surface area contributed by atoms with Gasteiger partial charge in [0.25, 0.3) is 0 Å². The maximum Gasteiger partial charge on any atom is 0.107 e. The summed E-state index contributed by atoms with van der Waals surface area (Å²) in [5, 5.41) is 17.2. The Morgan fingerprint density at radius 2 is 2.46 bits per heavy atom. The van der Waals surface area contributed by atoms with E-state index in [-0.39, 0.29) is 24.9 Å². The number of nitriles is 1. The second-order valence-electron chi connectivity index (χ2n) is 3.22. The van der Waals surface area contributed by atoms with Gasteiger partial charge in [-0.25, -0.2) is 0 Å². The zero-order valence-electron chi connectivity index (χ0n) is 7.77. The van der Waals surface area contributed by atoms with Gasteiger partial charge in [-0.15, -0.1) is 0 Å². The molecule has 1 aliphatic heterocycles. The normalized spacial score (nSPS) is 33.2. The topological polar surface area (TPSA) is 62.5 Å². The van der Waals surface area contributed by atoms with Crippen LogP contribution in [-0.4, -0.2) is 36.6 Å². The lowest BCUT2D eigenvalue weighted by atomic mass is 10.1. The van der Waals surface area contributed by atoms with Crippen molar-refractivity contribution in [1.29, 1.82) is 5.26 Å². The lowest BCUT2D eigenvalue weighted by Gasteiger charge is -2.15. The van der Waals surface area contributed by atoms with Crippen molar-refractivity contribution in [2.24, 2.45) is 0 Å². The monoisotopic (exact) mass is 185 g/mol. The standard InChI is InChI=1S/C9H15NO3/c1-7-5-8(9(6-11)13-7)12-4-2-3-10/h7-9,11H,2,4-6H2,1H3/t7-,8+,9+/m0/s1. The summed E-state index contributed by atoms with van der Waals surface area (Å²) in [5.74, 6) is 0. The van der Waals surface area contributed by atoms with Crippen LogP contribution in [0, 0.1) is 11.3 Å². The third-order valence-electron chi connectivity index (χ3n) is 2.11. The molecule has 1 aliphatic rings. The van der Waals surface area contributed by atoms with E-state index in [1.165, 1.54) is 0 Å². The average molecular weight is 185 g/mol. The van der Waals surface area contributed by atoms with Crippen molar-refractivity contribution in [3.05, 3.63) is 0 Å². The van der Waals surface area contributed by atoms with Gasteiger partial charge in [-0.1, -0.05) is 0 Å². The van der Waals surface area contributed by atoms with Crippen LogP contribution in [0.15, 0.2) is 0 Å². The molecule has 74 valence electrons. The van der Waals surface area contributed by atoms with Crippen LogP contribution in [0.3, 0.4) is 0 Å². The van der Waals surface area contributed by atoms with E-state index in [0.29, 0.717) is 13.0 Å². The highest BCUT2D eigenvalue weighted by molar-refractivity contribution is 4.81. The summed E-state index contributed by atoms with van der Waals surface area (Å²) in [4.78, 5) is 0. The van der Waals surface area contributed by atoms with Crippen LogP contribution in [0.2, 0.25) is 0 Å². The van der Waals surface area contributed by atoms with Gasteiger partial charge in [0.05, 0.1) is 37.9 Å². The van der Waals surface area contributed by atoms with Gasteiger partial charge in [0.15, 0.2) is 0 Å². The summed E-state index contributed by atoms with van der Waals surface area (Å²) in [7, 11) is 0. The van der Waals surface area contributed by atoms with E-state index < -0.39 is 0 Å². The smallest absolute Gasteiger partial charge is 0.107 e. The van der Waals surface area contributed by atoms with Crippen molar-refractivity contribution in [1.82, 2.24) is 0 Å². The first-order valence-electron chi connectivity index (χ1n) is 4.52. The third kappa shape index (κ3) is 2.96. The summed E-state index contributed by atoms with van der Waals surface area (Å²) in [6.45, 7) is 2.37. The van der Waals surface area contributed by atoms with Gasteiger partial charge in [0, 0.05) is 6.42 Å². The Kier molecular flexibility index (Phi) is 4.16. The molecule has 4 heteroatoms. The Bertz CT molecular complexity index is 190. The number of aliphatic hydroxyl groups excluding tert-OH is 1. The minimum Gasteiger partial charge on any atom is -0.394 e. The van der Waals surface area contributed by atoms with Gasteiger partial charge < -0.3 is 14.6 Å². The van der Waals surface area contributed by atoms with Crippen LogP contribution < -0.4 is 0 Å². The van der Waals surface area contributed by atoms with E-state index in [4.69, 9.17) is 19.8 Å². The highest BCUT2D eigenvalue weighted by Gasteiger charge is 2.32. The Morgan fingerprint density at radius 1 is 1.69 bits per heavy atom. The second-order valence-corrected chi connectivity index (χ2v) is 3.22. The van der Waals surface area contributed by atoms with Crippen LogP contribution in [0.1, 0.15) is 19.8 Å². The van der Waals surface area contributed by atoms with Crippen LogP contribution in [0.4, 0.5) is 0 Å². The molecule has 3 atom stereocenters. The van der Waals surface area contributed by atoms with E-state index in [1.54, 1.807) is 0 Å². The number of hydrogen-bond acceptors (Lipinski definition) is 4. The first-order valence-corrected chi connectivity index (χ1v) is 4.52. The van der Waals surface area contributed by atoms with Gasteiger partial charge in [-0.3, -0.25) is 0 Å². The minimum atomic E-state index is -0.214. The number of nitrogens with zero attached hydrogens (tertiary/aromatic N) is 1. The maximum atomic E-state index is 8.94. The summed E-state index contributed by atoms with van der Waals surface area (Å²) in [5.41, 5.74) is 0. The fourth-order valence-electron chi connectivity index (χ4n) is 1.51. The molecule has 1 rings (SSSR count). The zero-order valence-corrected chi connectivity index (χ0v) is 7.77. The lowest BCUT2D eigenvalue weighted by Crippen LogP contribution is -2.28. The molecule has 0 aliphatic carbocycles. The molecule has 1 saturated heterocycles. The summed E-state index contributed by atoms with van der Waals surface area (Å²) in [6.07, 6.45) is 1.07. The third-order valence-corrected chi connectivity index (χ3v) is 2.11. The van der Waals surface area contributed by atoms with E-state index in [2.05, 4.69) is 0 Å². The number of rotatable bonds is 4. The molecule has 1 fully saturated rings. The van der Waals surface area contributed by atoms with Crippen LogP contribution >= 0.6 is 0 Å². The van der Waals surface area contributed by atoms with Gasteiger partial charge in [-0.2, -0.15) is 5.26 Å². The van der Waals surface area contributed by atoms with Crippen molar-refractivity contribution in [2.45, 2.75) is 38.1 Å². The first kappa shape index (κ1) is 10.5. The SMILES string of the molecule is C[C@H]1C[C@@H](OCCC#N)[C@@H](CO)O1. The van der Waals surface area contributed by atoms with Gasteiger partial charge in [0.1, 0.15) is 6.10 Å². The van der Waals surface area contributed by atoms with Crippen LogP contribution in [-0.2, 0) is 9.47 Å². The predicted octanol–water partition coefficient (Wildman–Crippen LogP) is 0.455. The predicted molar refractivity (Wildman–Crippen MR) is 46.0 cm³/mol. The molecule has 0 spiro atoms. The van der Waals surface area contributed by atoms with Crippen LogP contribution in [0.5, 0.6) is 0 Å². The molecule has 0 bridgehead atoms. The Hall–Kier alpha value is -0.630. The fraction of sp³-hybridized carbons (Fsp3) is 0.889. The molecule has 1 N–H and O–H groups in total. The van der Waals surface area contributed by atoms with Gasteiger partial charge in [-0.05, 0) is 6.92 Å². The van der Waals surface area contributed by atoms with Crippen molar-refractivity contribution in [3.8, 4) is 6.07 Å². The molecule has 0 aromatic rings. The van der Waals surface area contributed by atoms with Crippen molar-refractivity contribution in [3.63, 3.8) is 0 Å². The highest BCUT2D eigenvalue weighted by Crippen LogP contribution is 2.22. The van der Waals surface area contributed by atoms with Crippen LogP contribution in [0.25, 0.3) is 0 Å². The van der Waals surface area contributed by atoms with E-state index >= 15 is 0 Å². The van der Waals surface area contributed by atoms with Crippen molar-refractivity contribution < 1.29 is 14.6 Å². The van der Waals surface area contributed by atoms with Crippen molar-refractivity contribution >= 4 is 0 Å². The molecule has 0 aromatic carbocycles. The Balaban J connectivity index is 2.27. The number of ether oxygens (including phenoxy) is 2. The van der Waals surface area contributed by atoms with Gasteiger partial charge >= 0.3 is 0 Å². The summed E-state index contributed by atoms with van der Waals surface area (Å²) >= 11 is 0. The Morgan fingerprint density at radius 3 is 3.08 bits per heavy atom. The molecule has 4 nitrogen and oxygen atoms in total. The molecular weight excluding hydrogens is 170 g/mol. The molecule has 0 saturated carbocycles. The van der Waals surface area contributed by atoms with Crippen molar-refractivity contribution in [2.75, 3.05) is 13.2 Å². The molecule has 0 amide bonds. The first-order chi connectivity index (χ1) is 6.27. The minimum absolute atomic E-state index is 0.0123. The summed E-state index contributed by atoms with van der Waals surface area (Å²) in [6, 6.07) is 2.01. The zero-order chi connectivity index (χ0) is 9.68. The molecule has 0 aromatic heterocycles. The quantitative estimate of drug-likeness (QED) is 0.646. The van der Waals surface area contributed by atoms with E-state index in [0.717, 1.165) is 6.42 Å².